The summed E-state index contributed by atoms with van der Waals surface area (Å²) < 4.78 is 0. The maximum Gasteiger partial charge on any atom is 0.339 e. The van der Waals surface area contributed by atoms with Gasteiger partial charge in [-0.05, 0) is 140 Å². The Morgan fingerprint density at radius 1 is 0.413 bits per heavy atom. The Labute approximate surface area is 354 Å². The summed E-state index contributed by atoms with van der Waals surface area (Å²) in [6.45, 7) is 0. The highest BCUT2D eigenvalue weighted by atomic mass is 16.4. The first kappa shape index (κ1) is 46.2. The third-order valence-corrected chi connectivity index (χ3v) is 8.83. The van der Waals surface area contributed by atoms with Crippen molar-refractivity contribution in [2.75, 3.05) is 0 Å². The fraction of sp³-hybridized carbons (Fsp3) is 0. The number of carboxylic acids is 6. The number of aromatic carboxylic acids is 6. The molecule has 0 radical (unpaired) electrons. The maximum absolute atomic E-state index is 12.4. The molecule has 6 aromatic rings. The number of benzene rings is 6. The van der Waals surface area contributed by atoms with Gasteiger partial charge in [0, 0.05) is 24.2 Å². The zero-order chi connectivity index (χ0) is 46.7. The minimum absolute atomic E-state index is 0.0278. The second-order valence-corrected chi connectivity index (χ2v) is 12.8. The second kappa shape index (κ2) is 20.0. The average molecular weight is 851 g/mol. The molecule has 0 saturated carbocycles. The van der Waals surface area contributed by atoms with Crippen LogP contribution in [-0.2, 0) is 0 Å². The summed E-state index contributed by atoms with van der Waals surface area (Å²) in [6, 6.07) is 24.5. The Hall–Kier alpha value is -9.45. The van der Waals surface area contributed by atoms with E-state index in [1.165, 1.54) is 60.7 Å². The van der Waals surface area contributed by atoms with E-state index in [1.807, 2.05) is 0 Å². The summed E-state index contributed by atoms with van der Waals surface area (Å²) in [5.41, 5.74) is -1.25. The van der Waals surface area contributed by atoms with Crippen molar-refractivity contribution in [1.82, 2.24) is 0 Å². The van der Waals surface area contributed by atoms with E-state index in [0.717, 1.165) is 24.4 Å². The van der Waals surface area contributed by atoms with Gasteiger partial charge < -0.3 is 76.6 Å². The first-order valence-corrected chi connectivity index (χ1v) is 17.6. The fourth-order valence-corrected chi connectivity index (χ4v) is 5.71. The molecular weight excluding hydrogens is 823 g/mol. The van der Waals surface area contributed by atoms with Gasteiger partial charge in [0.15, 0.2) is 0 Å². The lowest BCUT2D eigenvalue weighted by Crippen LogP contribution is -2.24. The van der Waals surface area contributed by atoms with Gasteiger partial charge in [-0.2, -0.15) is 0 Å². The summed E-state index contributed by atoms with van der Waals surface area (Å²) in [6.07, 6.45) is 2.06. The molecule has 0 bridgehead atoms. The molecule has 0 unspecified atom stereocenters. The van der Waals surface area contributed by atoms with E-state index in [2.05, 4.69) is 0 Å². The standard InChI is InChI=1S/C30H21N3O9.C8H6O4.C7H6O2/c31-10-19-4-16(7-22(25(19)34)28(37)38)13-1-14(17-5-20(11-32)26(35)23(8-17)29(39)40)3-15(2-13)18-6-21(12-33)27(36)24(9-18)30(41)42;9-7(10)5-1-2-6(4-3-5)8(11)12;8-7(9)6-4-2-1-3-5-6/h1-12,31-36H,(H,37,38)(H,39,40)(H,41,42);1-4H,(H,9,10)(H,11,12);1-5H,(H,8,9)/p-5. The monoisotopic (exact) mass is 850 g/mol. The fourth-order valence-electron chi connectivity index (χ4n) is 5.71. The SMILES string of the molecule is N=Cc1cc(-c2cc(-c3cc(C=N)c([O-])c(C(=O)[O-])c3)cc(-c3cc(C=N)c(O)c(C(=O)O)c3)c2)cc(C(=O)[O-])c1[O-].O=C(O)c1ccccc1.O=C([O-])c1ccc(C(=O)O)cc1. The van der Waals surface area contributed by atoms with E-state index < -0.39 is 69.8 Å². The molecule has 0 fully saturated rings. The number of hydrogen-bond acceptors (Lipinski definition) is 15. The van der Waals surface area contributed by atoms with Gasteiger partial charge in [0.25, 0.3) is 0 Å². The highest BCUT2D eigenvalue weighted by Gasteiger charge is 2.18. The second-order valence-electron chi connectivity index (χ2n) is 12.8. The Morgan fingerprint density at radius 3 is 1.06 bits per heavy atom. The number of phenols is 1. The van der Waals surface area contributed by atoms with Gasteiger partial charge in [-0.25, -0.2) is 14.4 Å². The molecule has 0 aliphatic carbocycles. The molecule has 6 rings (SSSR count). The molecule has 7 N–H and O–H groups in total. The van der Waals surface area contributed by atoms with Crippen molar-refractivity contribution in [2.45, 2.75) is 0 Å². The highest BCUT2D eigenvalue weighted by molar-refractivity contribution is 6.01. The van der Waals surface area contributed by atoms with Gasteiger partial charge in [0.2, 0.25) is 0 Å². The third-order valence-electron chi connectivity index (χ3n) is 8.83. The van der Waals surface area contributed by atoms with Crippen LogP contribution in [0.5, 0.6) is 17.2 Å². The number of carbonyl (C=O) groups is 6. The van der Waals surface area contributed by atoms with Crippen LogP contribution in [0.4, 0.5) is 0 Å². The summed E-state index contributed by atoms with van der Waals surface area (Å²) in [5, 5.41) is 118. The molecule has 0 saturated heterocycles. The smallest absolute Gasteiger partial charge is 0.339 e. The van der Waals surface area contributed by atoms with Crippen molar-refractivity contribution in [3.8, 4) is 50.6 Å². The molecule has 18 heteroatoms. The van der Waals surface area contributed by atoms with Gasteiger partial charge in [-0.15, -0.1) is 0 Å². The van der Waals surface area contributed by atoms with E-state index >= 15 is 0 Å². The molecule has 0 aromatic heterocycles. The number of carbonyl (C=O) groups excluding carboxylic acids is 3. The van der Waals surface area contributed by atoms with Gasteiger partial charge in [0.05, 0.1) is 29.0 Å². The topological polar surface area (TPSA) is 370 Å². The molecule has 63 heavy (non-hydrogen) atoms. The Balaban J connectivity index is 0.000000336. The molecule has 0 amide bonds. The van der Waals surface area contributed by atoms with Crippen LogP contribution >= 0.6 is 0 Å². The van der Waals surface area contributed by atoms with E-state index in [-0.39, 0.29) is 61.2 Å². The summed E-state index contributed by atoms with van der Waals surface area (Å²) >= 11 is 0. The lowest BCUT2D eigenvalue weighted by Gasteiger charge is -2.21. The molecule has 318 valence electrons. The zero-order valence-corrected chi connectivity index (χ0v) is 31.9. The van der Waals surface area contributed by atoms with Crippen molar-refractivity contribution in [2.24, 2.45) is 0 Å². The lowest BCUT2D eigenvalue weighted by molar-refractivity contribution is -0.277. The molecule has 0 atom stereocenters. The van der Waals surface area contributed by atoms with E-state index in [0.29, 0.717) is 18.0 Å². The predicted molar refractivity (Wildman–Crippen MR) is 214 cm³/mol. The highest BCUT2D eigenvalue weighted by Crippen LogP contribution is 2.38. The van der Waals surface area contributed by atoms with Crippen molar-refractivity contribution >= 4 is 54.5 Å². The number of nitrogens with one attached hydrogen (secondary N) is 3. The Kier molecular flexibility index (Phi) is 14.7. The number of aromatic hydroxyl groups is 1. The van der Waals surface area contributed by atoms with E-state index in [4.69, 9.17) is 26.4 Å². The molecule has 0 heterocycles. The molecule has 18 nitrogen and oxygen atoms in total. The van der Waals surface area contributed by atoms with Crippen LogP contribution in [0.1, 0.15) is 78.8 Å². The minimum atomic E-state index is -1.79. The van der Waals surface area contributed by atoms with Crippen molar-refractivity contribution in [3.63, 3.8) is 0 Å². The van der Waals surface area contributed by atoms with Crippen LogP contribution in [0, 0.1) is 16.2 Å². The Bertz CT molecular complexity index is 2580. The number of hydrogen-bond donors (Lipinski definition) is 7. The van der Waals surface area contributed by atoms with Crippen LogP contribution in [0.3, 0.4) is 0 Å². The quantitative estimate of drug-likeness (QED) is 0.0867. The van der Waals surface area contributed by atoms with Crippen LogP contribution in [0.2, 0.25) is 0 Å². The first-order valence-electron chi connectivity index (χ1n) is 17.6. The number of rotatable bonds is 12. The van der Waals surface area contributed by atoms with Crippen LogP contribution < -0.4 is 25.5 Å². The summed E-state index contributed by atoms with van der Waals surface area (Å²) in [5.74, 6) is -10.9. The largest absolute Gasteiger partial charge is 0.872 e. The van der Waals surface area contributed by atoms with Crippen LogP contribution in [0.25, 0.3) is 33.4 Å². The normalized spacial score (nSPS) is 10.1. The molecule has 0 spiro atoms. The zero-order valence-electron chi connectivity index (χ0n) is 31.9. The van der Waals surface area contributed by atoms with Gasteiger partial charge >= 0.3 is 17.9 Å². The van der Waals surface area contributed by atoms with Gasteiger partial charge in [-0.1, -0.05) is 41.8 Å². The molecule has 0 aliphatic rings. The molecule has 0 aliphatic heterocycles. The summed E-state index contributed by atoms with van der Waals surface area (Å²) in [7, 11) is 0. The maximum atomic E-state index is 12.4. The summed E-state index contributed by atoms with van der Waals surface area (Å²) in [4.78, 5) is 65.9. The van der Waals surface area contributed by atoms with Crippen molar-refractivity contribution in [1.29, 1.82) is 16.2 Å². The van der Waals surface area contributed by atoms with Crippen LogP contribution in [0.15, 0.2) is 109 Å². The Morgan fingerprint density at radius 2 is 0.746 bits per heavy atom. The van der Waals surface area contributed by atoms with Crippen LogP contribution in [-0.4, -0.2) is 74.9 Å². The average Bonchev–Trinajstić information content (AvgIpc) is 3.26. The van der Waals surface area contributed by atoms with Gasteiger partial charge in [0.1, 0.15) is 11.3 Å². The number of carboxylic acid groups (broad SMARTS) is 6. The first-order chi connectivity index (χ1) is 29.8. The lowest BCUT2D eigenvalue weighted by atomic mass is 9.89. The van der Waals surface area contributed by atoms with Crippen molar-refractivity contribution < 1.29 is 74.7 Å². The minimum Gasteiger partial charge on any atom is -0.872 e. The molecule has 6 aromatic carbocycles. The van der Waals surface area contributed by atoms with Crippen molar-refractivity contribution in [3.05, 3.63) is 159 Å². The van der Waals surface area contributed by atoms with E-state index in [9.17, 15) is 64.5 Å². The van der Waals surface area contributed by atoms with E-state index in [1.54, 1.807) is 30.3 Å². The predicted octanol–water partition coefficient (Wildman–Crippen LogP) is 2.09. The third kappa shape index (κ3) is 11.0. The van der Waals surface area contributed by atoms with Gasteiger partial charge in [-0.3, -0.25) is 0 Å². The molecular formula is C45H28N3O15-5.